The minimum absolute atomic E-state index is 0.172. The Morgan fingerprint density at radius 2 is 2.21 bits per heavy atom. The average Bonchev–Trinajstić information content (AvgIpc) is 2.80. The van der Waals surface area contributed by atoms with Gasteiger partial charge in [-0.1, -0.05) is 13.8 Å². The second-order valence-corrected chi connectivity index (χ2v) is 5.40. The van der Waals surface area contributed by atoms with Crippen LogP contribution < -0.4 is 5.73 Å². The molecule has 0 radical (unpaired) electrons. The number of hydrogen-bond donors (Lipinski definition) is 2. The first-order chi connectivity index (χ1) is 9.06. The molecule has 2 rings (SSSR count). The van der Waals surface area contributed by atoms with E-state index in [9.17, 15) is 0 Å². The fourth-order valence-corrected chi connectivity index (χ4v) is 2.21. The van der Waals surface area contributed by atoms with Crippen molar-refractivity contribution in [2.24, 2.45) is 10.7 Å². The van der Waals surface area contributed by atoms with E-state index in [1.165, 1.54) is 0 Å². The number of H-pyrrole nitrogens is 1. The average molecular weight is 265 g/mol. The van der Waals surface area contributed by atoms with E-state index in [4.69, 9.17) is 10.5 Å². The molecule has 3 N–H and O–H groups in total. The molecule has 6 heteroatoms. The first-order valence-corrected chi connectivity index (χ1v) is 6.79. The summed E-state index contributed by atoms with van der Waals surface area (Å²) in [5.74, 6) is 1.05. The van der Waals surface area contributed by atoms with Crippen molar-refractivity contribution in [1.29, 1.82) is 0 Å². The van der Waals surface area contributed by atoms with E-state index in [1.807, 2.05) is 0 Å². The standard InChI is InChI=1S/C13H23N5O/c1-9(2)11-8-15-17-12(11)16-13(14)19-10-4-6-18(3)7-5-10/h8-10H,4-7H2,1-3H3,(H3,14,15,16,17). The fourth-order valence-electron chi connectivity index (χ4n) is 2.21. The Bertz CT molecular complexity index is 432. The summed E-state index contributed by atoms with van der Waals surface area (Å²) in [6, 6.07) is 0.223. The second-order valence-electron chi connectivity index (χ2n) is 5.40. The van der Waals surface area contributed by atoms with E-state index < -0.39 is 0 Å². The molecule has 2 heterocycles. The third kappa shape index (κ3) is 3.70. The number of aromatic amines is 1. The summed E-state index contributed by atoms with van der Waals surface area (Å²) in [5.41, 5.74) is 6.92. The Morgan fingerprint density at radius 1 is 1.53 bits per heavy atom. The van der Waals surface area contributed by atoms with Crippen LogP contribution in [0.25, 0.3) is 0 Å². The summed E-state index contributed by atoms with van der Waals surface area (Å²) in [6.07, 6.45) is 3.94. The summed E-state index contributed by atoms with van der Waals surface area (Å²) in [4.78, 5) is 6.58. The van der Waals surface area contributed by atoms with Crippen LogP contribution in [0.4, 0.5) is 5.82 Å². The van der Waals surface area contributed by atoms with Crippen molar-refractivity contribution in [3.8, 4) is 0 Å². The SMILES string of the molecule is CC(C)c1cn[nH]c1N=C(N)OC1CCN(C)CC1. The van der Waals surface area contributed by atoms with Gasteiger partial charge in [-0.25, -0.2) is 0 Å². The number of ether oxygens (including phenoxy) is 1. The van der Waals surface area contributed by atoms with Gasteiger partial charge in [-0.3, -0.25) is 5.10 Å². The molecule has 1 aromatic heterocycles. The van der Waals surface area contributed by atoms with Crippen LogP contribution in [-0.2, 0) is 4.74 Å². The highest BCUT2D eigenvalue weighted by atomic mass is 16.5. The van der Waals surface area contributed by atoms with Crippen LogP contribution in [0.5, 0.6) is 0 Å². The molecule has 0 aliphatic carbocycles. The molecule has 6 nitrogen and oxygen atoms in total. The van der Waals surface area contributed by atoms with Gasteiger partial charge in [0.1, 0.15) is 6.10 Å². The van der Waals surface area contributed by atoms with Crippen LogP contribution in [0.2, 0.25) is 0 Å². The van der Waals surface area contributed by atoms with Crippen LogP contribution >= 0.6 is 0 Å². The van der Waals surface area contributed by atoms with Gasteiger partial charge in [0.25, 0.3) is 6.02 Å². The zero-order valence-electron chi connectivity index (χ0n) is 11.9. The largest absolute Gasteiger partial charge is 0.462 e. The van der Waals surface area contributed by atoms with Crippen molar-refractivity contribution in [2.45, 2.75) is 38.7 Å². The van der Waals surface area contributed by atoms with Crippen molar-refractivity contribution >= 4 is 11.8 Å². The monoisotopic (exact) mass is 265 g/mol. The molecule has 0 saturated carbocycles. The van der Waals surface area contributed by atoms with Crippen LogP contribution in [0.1, 0.15) is 38.2 Å². The molecule has 1 aliphatic heterocycles. The molecule has 1 saturated heterocycles. The number of amidine groups is 1. The molecule has 0 unspecified atom stereocenters. The fraction of sp³-hybridized carbons (Fsp3) is 0.692. The van der Waals surface area contributed by atoms with Gasteiger partial charge < -0.3 is 15.4 Å². The highest BCUT2D eigenvalue weighted by Crippen LogP contribution is 2.23. The van der Waals surface area contributed by atoms with Crippen molar-refractivity contribution in [3.63, 3.8) is 0 Å². The molecule has 0 amide bonds. The number of hydrogen-bond acceptors (Lipinski definition) is 4. The zero-order chi connectivity index (χ0) is 13.8. The minimum Gasteiger partial charge on any atom is -0.462 e. The van der Waals surface area contributed by atoms with Crippen molar-refractivity contribution in [1.82, 2.24) is 15.1 Å². The number of piperidine rings is 1. The lowest BCUT2D eigenvalue weighted by atomic mass is 10.1. The molecular weight excluding hydrogens is 242 g/mol. The topological polar surface area (TPSA) is 79.5 Å². The number of aliphatic imine (C=N–C) groups is 1. The Morgan fingerprint density at radius 3 is 2.84 bits per heavy atom. The Hall–Kier alpha value is -1.56. The van der Waals surface area contributed by atoms with Gasteiger partial charge >= 0.3 is 0 Å². The number of aromatic nitrogens is 2. The van der Waals surface area contributed by atoms with E-state index in [0.717, 1.165) is 31.5 Å². The van der Waals surface area contributed by atoms with Gasteiger partial charge in [0.15, 0.2) is 5.82 Å². The molecule has 0 spiro atoms. The van der Waals surface area contributed by atoms with E-state index in [1.54, 1.807) is 6.20 Å². The van der Waals surface area contributed by atoms with Crippen molar-refractivity contribution in [2.75, 3.05) is 20.1 Å². The predicted octanol–water partition coefficient (Wildman–Crippen LogP) is 1.59. The molecule has 0 bridgehead atoms. The normalized spacial score (nSPS) is 19.1. The van der Waals surface area contributed by atoms with Gasteiger partial charge in [-0.05, 0) is 25.8 Å². The first kappa shape index (κ1) is 13.9. The van der Waals surface area contributed by atoms with E-state index in [2.05, 4.69) is 41.0 Å². The quantitative estimate of drug-likeness (QED) is 0.642. The third-order valence-corrected chi connectivity index (χ3v) is 3.44. The van der Waals surface area contributed by atoms with Crippen LogP contribution in [0, 0.1) is 0 Å². The smallest absolute Gasteiger partial charge is 0.288 e. The second kappa shape index (κ2) is 6.06. The molecule has 106 valence electrons. The Kier molecular flexibility index (Phi) is 4.42. The number of nitrogens with one attached hydrogen (secondary N) is 1. The maximum absolute atomic E-state index is 5.87. The summed E-state index contributed by atoms with van der Waals surface area (Å²) >= 11 is 0. The molecule has 1 fully saturated rings. The van der Waals surface area contributed by atoms with Crippen molar-refractivity contribution < 1.29 is 4.74 Å². The summed E-state index contributed by atoms with van der Waals surface area (Å²) in [5, 5.41) is 6.86. The number of nitrogens with zero attached hydrogens (tertiary/aromatic N) is 3. The maximum atomic E-state index is 5.87. The molecule has 0 aromatic carbocycles. The van der Waals surface area contributed by atoms with Crippen LogP contribution in [0.3, 0.4) is 0 Å². The number of likely N-dealkylation sites (tertiary alicyclic amines) is 1. The Balaban J connectivity index is 1.97. The van der Waals surface area contributed by atoms with Gasteiger partial charge in [0.05, 0.1) is 6.20 Å². The molecule has 1 aliphatic rings. The summed E-state index contributed by atoms with van der Waals surface area (Å²) in [6.45, 7) is 6.27. The minimum atomic E-state index is 0.172. The summed E-state index contributed by atoms with van der Waals surface area (Å²) in [7, 11) is 2.12. The lowest BCUT2D eigenvalue weighted by Gasteiger charge is -2.28. The van der Waals surface area contributed by atoms with Crippen LogP contribution in [0.15, 0.2) is 11.2 Å². The zero-order valence-corrected chi connectivity index (χ0v) is 11.9. The van der Waals surface area contributed by atoms with Gasteiger partial charge in [0, 0.05) is 18.7 Å². The van der Waals surface area contributed by atoms with Gasteiger partial charge in [-0.15, -0.1) is 0 Å². The molecular formula is C13H23N5O. The number of nitrogens with two attached hydrogens (primary N) is 1. The highest BCUT2D eigenvalue weighted by molar-refractivity contribution is 5.75. The number of rotatable bonds is 3. The third-order valence-electron chi connectivity index (χ3n) is 3.44. The van der Waals surface area contributed by atoms with Gasteiger partial charge in [0.2, 0.25) is 0 Å². The summed E-state index contributed by atoms with van der Waals surface area (Å²) < 4.78 is 5.70. The van der Waals surface area contributed by atoms with E-state index in [0.29, 0.717) is 11.7 Å². The lowest BCUT2D eigenvalue weighted by molar-refractivity contribution is 0.103. The maximum Gasteiger partial charge on any atom is 0.288 e. The highest BCUT2D eigenvalue weighted by Gasteiger charge is 2.19. The molecule has 0 atom stereocenters. The lowest BCUT2D eigenvalue weighted by Crippen LogP contribution is -2.36. The molecule has 19 heavy (non-hydrogen) atoms. The predicted molar refractivity (Wildman–Crippen MR) is 75.6 cm³/mol. The first-order valence-electron chi connectivity index (χ1n) is 6.79. The van der Waals surface area contributed by atoms with E-state index in [-0.39, 0.29) is 12.1 Å². The van der Waals surface area contributed by atoms with Crippen LogP contribution in [-0.4, -0.2) is 47.4 Å². The molecule has 1 aromatic rings. The van der Waals surface area contributed by atoms with E-state index >= 15 is 0 Å². The van der Waals surface area contributed by atoms with Crippen molar-refractivity contribution in [3.05, 3.63) is 11.8 Å². The Labute approximate surface area is 114 Å². The van der Waals surface area contributed by atoms with Gasteiger partial charge in [-0.2, -0.15) is 10.1 Å².